The Balaban J connectivity index is 3.08. The van der Waals surface area contributed by atoms with Crippen molar-refractivity contribution in [3.8, 4) is 0 Å². The Hall–Kier alpha value is -0.920. The number of rotatable bonds is 0. The summed E-state index contributed by atoms with van der Waals surface area (Å²) in [5.41, 5.74) is 0.845. The average molecular weight is 110 g/mol. The molecule has 0 bridgehead atoms. The van der Waals surface area contributed by atoms with Crippen LogP contribution in [0.15, 0.2) is 12.1 Å². The molecule has 0 unspecified atom stereocenters. The molecule has 0 aliphatic heterocycles. The fourth-order valence-electron chi connectivity index (χ4n) is 0.458. The van der Waals surface area contributed by atoms with E-state index in [0.717, 1.165) is 5.56 Å². The third kappa shape index (κ3) is 1.03. The van der Waals surface area contributed by atoms with Gasteiger partial charge in [-0.3, -0.25) is 0 Å². The molecule has 1 heterocycles. The zero-order valence-electron chi connectivity index (χ0n) is 4.48. The summed E-state index contributed by atoms with van der Waals surface area (Å²) in [7, 11) is 0. The van der Waals surface area contributed by atoms with Gasteiger partial charge in [0, 0.05) is 0 Å². The molecular formula is C6H5FN. The molecule has 1 rings (SSSR count). The van der Waals surface area contributed by atoms with Crippen LogP contribution in [-0.4, -0.2) is 4.98 Å². The van der Waals surface area contributed by atoms with E-state index in [2.05, 4.69) is 11.2 Å². The molecule has 0 aliphatic rings. The van der Waals surface area contributed by atoms with E-state index in [9.17, 15) is 4.39 Å². The van der Waals surface area contributed by atoms with E-state index in [1.807, 2.05) is 0 Å². The van der Waals surface area contributed by atoms with Gasteiger partial charge >= 0.3 is 0 Å². The van der Waals surface area contributed by atoms with Crippen LogP contribution in [0.2, 0.25) is 0 Å². The number of pyridine rings is 1. The molecule has 0 aliphatic carbocycles. The lowest BCUT2D eigenvalue weighted by Gasteiger charge is -1.85. The molecular weight excluding hydrogens is 105 g/mol. The monoisotopic (exact) mass is 110 g/mol. The zero-order chi connectivity index (χ0) is 5.98. The first-order valence-electron chi connectivity index (χ1n) is 2.29. The van der Waals surface area contributed by atoms with Gasteiger partial charge in [0.25, 0.3) is 0 Å². The van der Waals surface area contributed by atoms with Crippen LogP contribution in [-0.2, 0) is 0 Å². The summed E-state index contributed by atoms with van der Waals surface area (Å²) in [6.07, 6.45) is 2.40. The van der Waals surface area contributed by atoms with Gasteiger partial charge in [-0.25, -0.2) is 4.98 Å². The molecule has 2 heteroatoms. The SMILES string of the molecule is Cc1c[c]nc(F)c1. The number of nitrogens with zero attached hydrogens (tertiary/aromatic N) is 1. The lowest BCUT2D eigenvalue weighted by molar-refractivity contribution is 0.581. The Morgan fingerprint density at radius 1 is 1.75 bits per heavy atom. The van der Waals surface area contributed by atoms with Crippen LogP contribution in [0.25, 0.3) is 0 Å². The first kappa shape index (κ1) is 5.22. The number of aromatic nitrogens is 1. The molecule has 1 nitrogen and oxygen atoms in total. The van der Waals surface area contributed by atoms with Crippen LogP contribution >= 0.6 is 0 Å². The fraction of sp³-hybridized carbons (Fsp3) is 0.167. The Bertz CT molecular complexity index is 168. The van der Waals surface area contributed by atoms with Gasteiger partial charge < -0.3 is 0 Å². The maximum Gasteiger partial charge on any atom is 0.213 e. The van der Waals surface area contributed by atoms with Crippen molar-refractivity contribution in [2.45, 2.75) is 6.92 Å². The van der Waals surface area contributed by atoms with Gasteiger partial charge in [-0.1, -0.05) is 0 Å². The number of halogens is 1. The van der Waals surface area contributed by atoms with Crippen molar-refractivity contribution in [2.75, 3.05) is 0 Å². The molecule has 0 fully saturated rings. The molecule has 0 spiro atoms. The van der Waals surface area contributed by atoms with Crippen LogP contribution in [0.1, 0.15) is 5.56 Å². The highest BCUT2D eigenvalue weighted by Gasteiger charge is 1.86. The largest absolute Gasteiger partial charge is 0.218 e. The van der Waals surface area contributed by atoms with Crippen molar-refractivity contribution < 1.29 is 4.39 Å². The predicted octanol–water partition coefficient (Wildman–Crippen LogP) is 1.33. The molecule has 0 saturated carbocycles. The summed E-state index contributed by atoms with van der Waals surface area (Å²) in [4.78, 5) is 3.25. The first-order valence-corrected chi connectivity index (χ1v) is 2.29. The molecule has 1 radical (unpaired) electrons. The van der Waals surface area contributed by atoms with Crippen molar-refractivity contribution in [3.05, 3.63) is 29.8 Å². The summed E-state index contributed by atoms with van der Waals surface area (Å²) >= 11 is 0. The van der Waals surface area contributed by atoms with Crippen molar-refractivity contribution >= 4 is 0 Å². The summed E-state index contributed by atoms with van der Waals surface area (Å²) in [6, 6.07) is 2.99. The van der Waals surface area contributed by atoms with Gasteiger partial charge in [-0.05, 0) is 24.6 Å². The highest BCUT2D eigenvalue weighted by atomic mass is 19.1. The summed E-state index contributed by atoms with van der Waals surface area (Å²) in [5, 5.41) is 0. The molecule has 0 atom stereocenters. The van der Waals surface area contributed by atoms with Crippen LogP contribution < -0.4 is 0 Å². The van der Waals surface area contributed by atoms with Crippen LogP contribution in [0, 0.1) is 19.1 Å². The quantitative estimate of drug-likeness (QED) is 0.459. The highest BCUT2D eigenvalue weighted by molar-refractivity contribution is 5.06. The Kier molecular flexibility index (Phi) is 1.24. The van der Waals surface area contributed by atoms with Gasteiger partial charge in [0.15, 0.2) is 0 Å². The van der Waals surface area contributed by atoms with Crippen molar-refractivity contribution in [2.24, 2.45) is 0 Å². The number of hydrogen-bond acceptors (Lipinski definition) is 1. The molecule has 0 saturated heterocycles. The molecule has 0 aromatic carbocycles. The minimum absolute atomic E-state index is 0.468. The first-order chi connectivity index (χ1) is 3.79. The van der Waals surface area contributed by atoms with Crippen molar-refractivity contribution in [1.29, 1.82) is 0 Å². The van der Waals surface area contributed by atoms with E-state index >= 15 is 0 Å². The second-order valence-electron chi connectivity index (χ2n) is 1.60. The highest BCUT2D eigenvalue weighted by Crippen LogP contribution is 1.95. The van der Waals surface area contributed by atoms with E-state index in [-0.39, 0.29) is 0 Å². The molecule has 41 valence electrons. The Labute approximate surface area is 47.2 Å². The van der Waals surface area contributed by atoms with Gasteiger partial charge in [-0.15, -0.1) is 0 Å². The molecule has 8 heavy (non-hydrogen) atoms. The molecule has 1 aromatic rings. The third-order valence-electron chi connectivity index (χ3n) is 0.810. The lowest BCUT2D eigenvalue weighted by Crippen LogP contribution is -1.80. The number of aryl methyl sites for hydroxylation is 1. The second-order valence-corrected chi connectivity index (χ2v) is 1.60. The standard InChI is InChI=1S/C6H5FN/c1-5-2-3-8-6(7)4-5/h2,4H,1H3. The smallest absolute Gasteiger partial charge is 0.213 e. The van der Waals surface area contributed by atoms with Gasteiger partial charge in [0.05, 0.1) is 6.20 Å². The van der Waals surface area contributed by atoms with E-state index in [1.54, 1.807) is 13.0 Å². The minimum atomic E-state index is -0.468. The normalized spacial score (nSPS) is 9.25. The Morgan fingerprint density at radius 3 is 2.88 bits per heavy atom. The molecule has 0 N–H and O–H groups in total. The van der Waals surface area contributed by atoms with Crippen LogP contribution in [0.4, 0.5) is 4.39 Å². The maximum absolute atomic E-state index is 12.0. The molecule has 1 aromatic heterocycles. The number of hydrogen-bond donors (Lipinski definition) is 0. The van der Waals surface area contributed by atoms with E-state index in [4.69, 9.17) is 0 Å². The minimum Gasteiger partial charge on any atom is -0.218 e. The van der Waals surface area contributed by atoms with Gasteiger partial charge in [0.2, 0.25) is 5.95 Å². The third-order valence-corrected chi connectivity index (χ3v) is 0.810. The topological polar surface area (TPSA) is 12.9 Å². The average Bonchev–Trinajstić information content (AvgIpc) is 1.64. The zero-order valence-corrected chi connectivity index (χ0v) is 4.48. The second kappa shape index (κ2) is 1.90. The van der Waals surface area contributed by atoms with E-state index in [0.29, 0.717) is 0 Å². The predicted molar refractivity (Wildman–Crippen MR) is 27.8 cm³/mol. The van der Waals surface area contributed by atoms with E-state index < -0.39 is 5.95 Å². The van der Waals surface area contributed by atoms with E-state index in [1.165, 1.54) is 6.07 Å². The van der Waals surface area contributed by atoms with Crippen molar-refractivity contribution in [1.82, 2.24) is 4.98 Å². The van der Waals surface area contributed by atoms with Crippen LogP contribution in [0.5, 0.6) is 0 Å². The van der Waals surface area contributed by atoms with Gasteiger partial charge in [0.1, 0.15) is 0 Å². The van der Waals surface area contributed by atoms with Crippen LogP contribution in [0.3, 0.4) is 0 Å². The van der Waals surface area contributed by atoms with Crippen molar-refractivity contribution in [3.63, 3.8) is 0 Å². The fourth-order valence-corrected chi connectivity index (χ4v) is 0.458. The lowest BCUT2D eigenvalue weighted by atomic mass is 10.3. The Morgan fingerprint density at radius 2 is 2.50 bits per heavy atom. The maximum atomic E-state index is 12.0. The summed E-state index contributed by atoms with van der Waals surface area (Å²) in [6.45, 7) is 1.79. The summed E-state index contributed by atoms with van der Waals surface area (Å²) in [5.74, 6) is -0.468. The van der Waals surface area contributed by atoms with Gasteiger partial charge in [-0.2, -0.15) is 4.39 Å². The molecule has 0 amide bonds. The summed E-state index contributed by atoms with van der Waals surface area (Å²) < 4.78 is 12.0.